The van der Waals surface area contributed by atoms with Crippen LogP contribution < -0.4 is 34.9 Å². The summed E-state index contributed by atoms with van der Waals surface area (Å²) < 4.78 is 27.6. The van der Waals surface area contributed by atoms with Crippen LogP contribution in [0.5, 0.6) is 23.0 Å². The van der Waals surface area contributed by atoms with Crippen molar-refractivity contribution in [3.05, 3.63) is 35.0 Å². The monoisotopic (exact) mass is 742 g/mol. The van der Waals surface area contributed by atoms with Crippen molar-refractivity contribution in [1.82, 2.24) is 14.8 Å². The van der Waals surface area contributed by atoms with Crippen LogP contribution in [0.2, 0.25) is 0 Å². The summed E-state index contributed by atoms with van der Waals surface area (Å²) in [6, 6.07) is 4.99. The molecule has 16 heteroatoms. The lowest BCUT2D eigenvalue weighted by molar-refractivity contribution is -0.143. The molecule has 1 saturated heterocycles. The minimum atomic E-state index is -1.78. The third-order valence-electron chi connectivity index (χ3n) is 9.29. The summed E-state index contributed by atoms with van der Waals surface area (Å²) in [4.78, 5) is 63.1. The summed E-state index contributed by atoms with van der Waals surface area (Å²) in [6.45, 7) is 5.01. The van der Waals surface area contributed by atoms with Gasteiger partial charge in [-0.25, -0.2) is 9.59 Å². The Morgan fingerprint density at radius 2 is 1.71 bits per heavy atom. The Bertz CT molecular complexity index is 1840. The molecule has 3 aliphatic heterocycles. The number of ketones is 1. The second kappa shape index (κ2) is 13.4. The van der Waals surface area contributed by atoms with E-state index in [0.717, 1.165) is 6.54 Å². The average molecular weight is 744 g/mol. The van der Waals surface area contributed by atoms with Crippen LogP contribution >= 0.6 is 15.9 Å². The number of carbonyl (C=O) groups excluding carboxylic acids is 4. The fraction of sp³-hybridized carbons (Fsp3) is 0.455. The van der Waals surface area contributed by atoms with Crippen molar-refractivity contribution >= 4 is 62.0 Å². The number of piperazine rings is 1. The Hall–Kier alpha value is -4.54. The Labute approximate surface area is 291 Å². The number of hydrogen-bond donors (Lipinski definition) is 3. The molecule has 0 saturated carbocycles. The van der Waals surface area contributed by atoms with Gasteiger partial charge in [0.25, 0.3) is 5.91 Å². The van der Waals surface area contributed by atoms with Gasteiger partial charge >= 0.3 is 12.1 Å². The number of amides is 2. The molecule has 1 aromatic heterocycles. The number of hydrogen-bond acceptors (Lipinski definition) is 12. The number of methoxy groups -OCH3 is 4. The second-order valence-electron chi connectivity index (χ2n) is 12.2. The van der Waals surface area contributed by atoms with Crippen LogP contribution in [-0.2, 0) is 16.0 Å². The van der Waals surface area contributed by atoms with Gasteiger partial charge < -0.3 is 49.5 Å². The maximum absolute atomic E-state index is 14.4. The fourth-order valence-electron chi connectivity index (χ4n) is 6.77. The molecular weight excluding hydrogens is 704 g/mol. The van der Waals surface area contributed by atoms with Crippen molar-refractivity contribution in [3.63, 3.8) is 0 Å². The van der Waals surface area contributed by atoms with Crippen LogP contribution in [0.15, 0.2) is 18.2 Å². The zero-order chi connectivity index (χ0) is 35.2. The molecule has 3 aromatic rings. The standard InChI is InChI=1S/C33H39BrN6O9/c1-33(31(43)48-5)29(41)24-19-14-18(34)16-40(30(42)20-12-17-13-23(45-2)27(46-3)28(47-4)25(17)36-20)21(19)15-22(26(24)37-33)49-32(44)39-10-8-38(7-6-35)9-11-39/h12-13,15,18,36-37H,6-11,14,16,35H2,1-5H3. The number of aromatic nitrogens is 1. The van der Waals surface area contributed by atoms with Crippen molar-refractivity contribution in [2.45, 2.75) is 23.7 Å². The molecule has 2 amide bonds. The van der Waals surface area contributed by atoms with Crippen LogP contribution in [-0.4, -0.2) is 123 Å². The number of halogens is 1. The first-order chi connectivity index (χ1) is 23.5. The predicted molar refractivity (Wildman–Crippen MR) is 184 cm³/mol. The smallest absolute Gasteiger partial charge is 0.415 e. The number of Topliss-reactive ketones (excluding diaryl/α,β-unsaturated/α-hetero) is 1. The molecule has 49 heavy (non-hydrogen) atoms. The van der Waals surface area contributed by atoms with Gasteiger partial charge in [-0.15, -0.1) is 0 Å². The number of esters is 1. The Morgan fingerprint density at radius 1 is 1.00 bits per heavy atom. The molecule has 2 aromatic carbocycles. The van der Waals surface area contributed by atoms with Crippen molar-refractivity contribution < 1.29 is 42.9 Å². The normalized spacial score (nSPS) is 20.4. The molecule has 262 valence electrons. The minimum absolute atomic E-state index is 0.0164. The molecule has 15 nitrogen and oxygen atoms in total. The van der Waals surface area contributed by atoms with Gasteiger partial charge in [-0.05, 0) is 31.0 Å². The molecular formula is C33H39BrN6O9. The van der Waals surface area contributed by atoms with Crippen molar-refractivity contribution in [3.8, 4) is 23.0 Å². The molecule has 0 radical (unpaired) electrons. The zero-order valence-corrected chi connectivity index (χ0v) is 29.5. The van der Waals surface area contributed by atoms with Gasteiger partial charge in [0.1, 0.15) is 5.69 Å². The highest BCUT2D eigenvalue weighted by Crippen LogP contribution is 2.49. The predicted octanol–water partition coefficient (Wildman–Crippen LogP) is 2.78. The maximum atomic E-state index is 14.4. The number of rotatable bonds is 8. The number of benzene rings is 2. The highest BCUT2D eigenvalue weighted by atomic mass is 79.9. The van der Waals surface area contributed by atoms with E-state index in [1.807, 2.05) is 0 Å². The van der Waals surface area contributed by atoms with E-state index in [4.69, 9.17) is 29.4 Å². The number of nitrogens with zero attached hydrogens (tertiary/aromatic N) is 3. The third kappa shape index (κ3) is 5.80. The molecule has 2 unspecified atom stereocenters. The zero-order valence-electron chi connectivity index (χ0n) is 27.9. The summed E-state index contributed by atoms with van der Waals surface area (Å²) >= 11 is 3.68. The minimum Gasteiger partial charge on any atom is -0.493 e. The molecule has 6 rings (SSSR count). The second-order valence-corrected chi connectivity index (χ2v) is 13.5. The molecule has 0 aliphatic carbocycles. The lowest BCUT2D eigenvalue weighted by Gasteiger charge is -2.35. The largest absolute Gasteiger partial charge is 0.493 e. The van der Waals surface area contributed by atoms with Crippen LogP contribution in [0, 0.1) is 0 Å². The van der Waals surface area contributed by atoms with Crippen molar-refractivity contribution in [2.75, 3.05) is 84.5 Å². The summed E-state index contributed by atoms with van der Waals surface area (Å²) in [5.41, 5.74) is 5.93. The SMILES string of the molecule is COC(=O)C1(C)Nc2c(OC(=O)N3CCN(CCN)CC3)cc3c(c2C1=O)CC(Br)CN3C(=O)c1cc2cc(OC)c(OC)c(OC)c2[nH]1. The average Bonchev–Trinajstić information content (AvgIpc) is 3.65. The Balaban J connectivity index is 1.43. The van der Waals surface area contributed by atoms with E-state index in [1.165, 1.54) is 40.3 Å². The van der Waals surface area contributed by atoms with Gasteiger partial charge in [-0.2, -0.15) is 0 Å². The number of aromatic amines is 1. The van der Waals surface area contributed by atoms with Crippen LogP contribution in [0.1, 0.15) is 33.3 Å². The Morgan fingerprint density at radius 3 is 2.35 bits per heavy atom. The van der Waals surface area contributed by atoms with E-state index in [9.17, 15) is 19.2 Å². The summed E-state index contributed by atoms with van der Waals surface area (Å²) in [6.07, 6.45) is -0.258. The first-order valence-corrected chi connectivity index (χ1v) is 16.7. The number of alkyl halides is 1. The third-order valence-corrected chi connectivity index (χ3v) is 9.90. The molecule has 3 aliphatic rings. The number of carbonyl (C=O) groups is 4. The number of ether oxygens (including phenoxy) is 5. The van der Waals surface area contributed by atoms with Crippen LogP contribution in [0.4, 0.5) is 16.2 Å². The summed E-state index contributed by atoms with van der Waals surface area (Å²) in [7, 11) is 5.69. The van der Waals surface area contributed by atoms with E-state index < -0.39 is 29.3 Å². The first-order valence-electron chi connectivity index (χ1n) is 15.8. The molecule has 0 spiro atoms. The lowest BCUT2D eigenvalue weighted by atomic mass is 9.88. The molecule has 4 N–H and O–H groups in total. The van der Waals surface area contributed by atoms with E-state index >= 15 is 0 Å². The highest BCUT2D eigenvalue weighted by Gasteiger charge is 2.52. The number of nitrogens with one attached hydrogen (secondary N) is 2. The van der Waals surface area contributed by atoms with Gasteiger partial charge in [0.15, 0.2) is 22.8 Å². The first kappa shape index (κ1) is 34.3. The number of anilines is 2. The van der Waals surface area contributed by atoms with Gasteiger partial charge in [0, 0.05) is 62.1 Å². The maximum Gasteiger partial charge on any atom is 0.415 e. The van der Waals surface area contributed by atoms with E-state index in [0.29, 0.717) is 78.5 Å². The van der Waals surface area contributed by atoms with Crippen molar-refractivity contribution in [2.24, 2.45) is 5.73 Å². The van der Waals surface area contributed by atoms with E-state index in [2.05, 4.69) is 31.1 Å². The van der Waals surface area contributed by atoms with E-state index in [-0.39, 0.29) is 34.1 Å². The molecule has 2 atom stereocenters. The van der Waals surface area contributed by atoms with Gasteiger partial charge in [-0.3, -0.25) is 14.5 Å². The van der Waals surface area contributed by atoms with Gasteiger partial charge in [0.05, 0.1) is 50.9 Å². The Kier molecular flexibility index (Phi) is 9.39. The molecule has 4 heterocycles. The fourth-order valence-corrected chi connectivity index (χ4v) is 7.38. The van der Waals surface area contributed by atoms with Crippen molar-refractivity contribution in [1.29, 1.82) is 0 Å². The van der Waals surface area contributed by atoms with E-state index in [1.54, 1.807) is 23.1 Å². The molecule has 1 fully saturated rings. The molecule has 0 bridgehead atoms. The van der Waals surface area contributed by atoms with Crippen LogP contribution in [0.3, 0.4) is 0 Å². The quantitative estimate of drug-likeness (QED) is 0.175. The summed E-state index contributed by atoms with van der Waals surface area (Å²) in [5, 5.41) is 3.65. The summed E-state index contributed by atoms with van der Waals surface area (Å²) in [5.74, 6) is -0.592. The highest BCUT2D eigenvalue weighted by molar-refractivity contribution is 9.09. The topological polar surface area (TPSA) is 178 Å². The number of nitrogens with two attached hydrogens (primary N) is 1. The lowest BCUT2D eigenvalue weighted by Crippen LogP contribution is -2.50. The van der Waals surface area contributed by atoms with Gasteiger partial charge in [-0.1, -0.05) is 15.9 Å². The number of fused-ring (bicyclic) bond motifs is 4. The number of H-pyrrole nitrogens is 1. The van der Waals surface area contributed by atoms with Gasteiger partial charge in [0.2, 0.25) is 11.5 Å². The van der Waals surface area contributed by atoms with Crippen LogP contribution in [0.25, 0.3) is 10.9 Å².